The first-order valence-corrected chi connectivity index (χ1v) is 7.91. The van der Waals surface area contributed by atoms with Gasteiger partial charge in [-0.1, -0.05) is 31.2 Å². The first-order valence-electron chi connectivity index (χ1n) is 7.91. The topological polar surface area (TPSA) is 64.6 Å². The van der Waals surface area contributed by atoms with Gasteiger partial charge < -0.3 is 14.8 Å². The predicted molar refractivity (Wildman–Crippen MR) is 92.3 cm³/mol. The molecule has 0 aliphatic rings. The molecule has 0 aliphatic heterocycles. The number of ether oxygens (including phenoxy) is 2. The lowest BCUT2D eigenvalue weighted by Crippen LogP contribution is -2.21. The lowest BCUT2D eigenvalue weighted by molar-refractivity contribution is -0.119. The van der Waals surface area contributed by atoms with Gasteiger partial charge in [-0.2, -0.15) is 0 Å². The summed E-state index contributed by atoms with van der Waals surface area (Å²) >= 11 is 0. The van der Waals surface area contributed by atoms with Crippen LogP contribution in [0.4, 0.5) is 5.69 Å². The van der Waals surface area contributed by atoms with Gasteiger partial charge in [0.05, 0.1) is 17.9 Å². The number of benzene rings is 2. The third-order valence-corrected chi connectivity index (χ3v) is 3.39. The molecule has 0 fully saturated rings. The van der Waals surface area contributed by atoms with Crippen molar-refractivity contribution in [2.24, 2.45) is 0 Å². The molecule has 24 heavy (non-hydrogen) atoms. The van der Waals surface area contributed by atoms with E-state index in [0.717, 1.165) is 12.0 Å². The Bertz CT molecular complexity index is 695. The fourth-order valence-corrected chi connectivity index (χ4v) is 2.13. The summed E-state index contributed by atoms with van der Waals surface area (Å²) < 4.78 is 10.5. The van der Waals surface area contributed by atoms with Crippen molar-refractivity contribution >= 4 is 17.6 Å². The summed E-state index contributed by atoms with van der Waals surface area (Å²) in [4.78, 5) is 23.9. The van der Waals surface area contributed by atoms with Crippen LogP contribution in [0.25, 0.3) is 0 Å². The summed E-state index contributed by atoms with van der Waals surface area (Å²) in [6.07, 6.45) is 0.900. The molecule has 0 aromatic heterocycles. The van der Waals surface area contributed by atoms with Crippen LogP contribution in [0.15, 0.2) is 48.5 Å². The van der Waals surface area contributed by atoms with Crippen molar-refractivity contribution in [2.75, 3.05) is 18.5 Å². The fraction of sp³-hybridized carbons (Fsp3) is 0.263. The maximum absolute atomic E-state index is 12.0. The van der Waals surface area contributed by atoms with Gasteiger partial charge in [-0.25, -0.2) is 4.79 Å². The molecule has 2 rings (SSSR count). The number of hydrogen-bond acceptors (Lipinski definition) is 4. The average molecular weight is 327 g/mol. The maximum atomic E-state index is 12.0. The molecule has 1 N–H and O–H groups in total. The van der Waals surface area contributed by atoms with Crippen LogP contribution < -0.4 is 10.1 Å². The second kappa shape index (κ2) is 8.72. The second-order valence-electron chi connectivity index (χ2n) is 5.10. The highest BCUT2D eigenvalue weighted by Crippen LogP contribution is 2.23. The molecule has 0 radical (unpaired) electrons. The Balaban J connectivity index is 1.89. The fourth-order valence-electron chi connectivity index (χ4n) is 2.13. The summed E-state index contributed by atoms with van der Waals surface area (Å²) in [5, 5.41) is 2.68. The predicted octanol–water partition coefficient (Wildman–Crippen LogP) is 3.44. The van der Waals surface area contributed by atoms with E-state index >= 15 is 0 Å². The molecular weight excluding hydrogens is 306 g/mol. The van der Waals surface area contributed by atoms with Crippen molar-refractivity contribution in [3.63, 3.8) is 0 Å². The van der Waals surface area contributed by atoms with Gasteiger partial charge in [0, 0.05) is 0 Å². The van der Waals surface area contributed by atoms with Crippen LogP contribution >= 0.6 is 0 Å². The minimum absolute atomic E-state index is 0.352. The molecule has 0 spiro atoms. The van der Waals surface area contributed by atoms with Crippen molar-refractivity contribution in [2.45, 2.75) is 20.3 Å². The zero-order valence-corrected chi connectivity index (χ0v) is 13.9. The SMILES string of the molecule is CCOc1ccccc1NC(=O)COC(=O)c1ccc(CC)cc1. The molecule has 2 aromatic rings. The molecule has 0 heterocycles. The monoisotopic (exact) mass is 327 g/mol. The van der Waals surface area contributed by atoms with E-state index in [-0.39, 0.29) is 6.61 Å². The van der Waals surface area contributed by atoms with E-state index < -0.39 is 11.9 Å². The van der Waals surface area contributed by atoms with Gasteiger partial charge in [0.1, 0.15) is 5.75 Å². The van der Waals surface area contributed by atoms with E-state index in [1.165, 1.54) is 0 Å². The Kier molecular flexibility index (Phi) is 6.37. The number of aryl methyl sites for hydroxylation is 1. The lowest BCUT2D eigenvalue weighted by Gasteiger charge is -2.11. The summed E-state index contributed by atoms with van der Waals surface area (Å²) in [6, 6.07) is 14.2. The van der Waals surface area contributed by atoms with Gasteiger partial charge in [0.25, 0.3) is 5.91 Å². The molecule has 0 unspecified atom stereocenters. The van der Waals surface area contributed by atoms with E-state index in [2.05, 4.69) is 5.32 Å². The molecule has 126 valence electrons. The summed E-state index contributed by atoms with van der Waals surface area (Å²) in [5.74, 6) is -0.360. The Labute approximate surface area is 141 Å². The Hall–Kier alpha value is -2.82. The summed E-state index contributed by atoms with van der Waals surface area (Å²) in [6.45, 7) is 4.05. The molecule has 0 aliphatic carbocycles. The van der Waals surface area contributed by atoms with Crippen LogP contribution in [0, 0.1) is 0 Å². The standard InChI is InChI=1S/C19H21NO4/c1-3-14-9-11-15(12-10-14)19(22)24-13-18(21)20-16-7-5-6-8-17(16)23-4-2/h5-12H,3-4,13H2,1-2H3,(H,20,21). The van der Waals surface area contributed by atoms with Gasteiger partial charge >= 0.3 is 5.97 Å². The number of anilines is 1. The molecule has 0 atom stereocenters. The lowest BCUT2D eigenvalue weighted by atomic mass is 10.1. The molecule has 1 amide bonds. The number of carbonyl (C=O) groups is 2. The number of hydrogen-bond donors (Lipinski definition) is 1. The van der Waals surface area contributed by atoms with Crippen LogP contribution in [0.2, 0.25) is 0 Å². The number of esters is 1. The normalized spacial score (nSPS) is 10.1. The molecular formula is C19H21NO4. The zero-order chi connectivity index (χ0) is 17.4. The minimum atomic E-state index is -0.522. The minimum Gasteiger partial charge on any atom is -0.492 e. The Morgan fingerprint density at radius 3 is 2.38 bits per heavy atom. The molecule has 5 nitrogen and oxygen atoms in total. The van der Waals surface area contributed by atoms with E-state index in [1.807, 2.05) is 32.0 Å². The van der Waals surface area contributed by atoms with Crippen molar-refractivity contribution in [1.29, 1.82) is 0 Å². The van der Waals surface area contributed by atoms with Crippen LogP contribution in [-0.4, -0.2) is 25.1 Å². The highest BCUT2D eigenvalue weighted by atomic mass is 16.5. The van der Waals surface area contributed by atoms with E-state index in [4.69, 9.17) is 9.47 Å². The number of rotatable bonds is 7. The summed E-state index contributed by atoms with van der Waals surface area (Å²) in [7, 11) is 0. The molecule has 5 heteroatoms. The number of nitrogens with one attached hydrogen (secondary N) is 1. The van der Waals surface area contributed by atoms with E-state index in [1.54, 1.807) is 30.3 Å². The number of amides is 1. The van der Waals surface area contributed by atoms with Gasteiger partial charge in [-0.3, -0.25) is 4.79 Å². The van der Waals surface area contributed by atoms with Crippen molar-refractivity contribution in [3.05, 3.63) is 59.7 Å². The van der Waals surface area contributed by atoms with Gasteiger partial charge in [-0.15, -0.1) is 0 Å². The second-order valence-corrected chi connectivity index (χ2v) is 5.10. The van der Waals surface area contributed by atoms with Crippen molar-refractivity contribution < 1.29 is 19.1 Å². The molecule has 2 aromatic carbocycles. The highest BCUT2D eigenvalue weighted by molar-refractivity contribution is 5.96. The first kappa shape index (κ1) is 17.5. The van der Waals surface area contributed by atoms with Crippen LogP contribution in [0.5, 0.6) is 5.75 Å². The molecule has 0 bridgehead atoms. The van der Waals surface area contributed by atoms with Gasteiger partial charge in [-0.05, 0) is 43.2 Å². The van der Waals surface area contributed by atoms with Crippen LogP contribution in [0.3, 0.4) is 0 Å². The first-order chi connectivity index (χ1) is 11.6. The largest absolute Gasteiger partial charge is 0.492 e. The smallest absolute Gasteiger partial charge is 0.338 e. The van der Waals surface area contributed by atoms with Gasteiger partial charge in [0.15, 0.2) is 6.61 Å². The highest BCUT2D eigenvalue weighted by Gasteiger charge is 2.12. The summed E-state index contributed by atoms with van der Waals surface area (Å²) in [5.41, 5.74) is 2.11. The quantitative estimate of drug-likeness (QED) is 0.791. The molecule has 0 saturated carbocycles. The van der Waals surface area contributed by atoms with Crippen molar-refractivity contribution in [1.82, 2.24) is 0 Å². The third-order valence-electron chi connectivity index (χ3n) is 3.39. The van der Waals surface area contributed by atoms with Crippen LogP contribution in [-0.2, 0) is 16.0 Å². The van der Waals surface area contributed by atoms with E-state index in [9.17, 15) is 9.59 Å². The van der Waals surface area contributed by atoms with Crippen molar-refractivity contribution in [3.8, 4) is 5.75 Å². The van der Waals surface area contributed by atoms with Crippen LogP contribution in [0.1, 0.15) is 29.8 Å². The van der Waals surface area contributed by atoms with E-state index in [0.29, 0.717) is 23.6 Å². The number of carbonyl (C=O) groups excluding carboxylic acids is 2. The molecule has 0 saturated heterocycles. The Morgan fingerprint density at radius 2 is 1.71 bits per heavy atom. The number of para-hydroxylation sites is 2. The zero-order valence-electron chi connectivity index (χ0n) is 13.9. The third kappa shape index (κ3) is 4.84. The average Bonchev–Trinajstić information content (AvgIpc) is 2.61. The Morgan fingerprint density at radius 1 is 1.00 bits per heavy atom. The maximum Gasteiger partial charge on any atom is 0.338 e. The van der Waals surface area contributed by atoms with Gasteiger partial charge in [0.2, 0.25) is 0 Å².